The number of aliphatic carboxylic acids is 1. The summed E-state index contributed by atoms with van der Waals surface area (Å²) in [5.74, 6) is -0.0217. The third kappa shape index (κ3) is 3.68. The van der Waals surface area contributed by atoms with Crippen molar-refractivity contribution in [2.24, 2.45) is 11.3 Å². The van der Waals surface area contributed by atoms with Gasteiger partial charge in [0, 0.05) is 33.5 Å². The molecule has 0 saturated carbocycles. The van der Waals surface area contributed by atoms with Crippen molar-refractivity contribution in [2.75, 3.05) is 46.6 Å². The zero-order valence-electron chi connectivity index (χ0n) is 11.8. The molecule has 1 N–H and O–H groups in total. The fourth-order valence-corrected chi connectivity index (χ4v) is 3.18. The van der Waals surface area contributed by atoms with Gasteiger partial charge in [-0.25, -0.2) is 0 Å². The number of carbonyl (C=O) groups is 1. The van der Waals surface area contributed by atoms with Crippen LogP contribution < -0.4 is 0 Å². The summed E-state index contributed by atoms with van der Waals surface area (Å²) >= 11 is 0. The van der Waals surface area contributed by atoms with Gasteiger partial charge in [-0.2, -0.15) is 0 Å². The largest absolute Gasteiger partial charge is 0.481 e. The Hall–Kier alpha value is -0.650. The molecule has 19 heavy (non-hydrogen) atoms. The Balaban J connectivity index is 1.87. The predicted octanol–water partition coefficient (Wildman–Crippen LogP) is 1.23. The van der Waals surface area contributed by atoms with Crippen molar-refractivity contribution in [3.8, 4) is 0 Å². The van der Waals surface area contributed by atoms with Crippen LogP contribution in [-0.2, 0) is 14.3 Å². The molecule has 110 valence electrons. The number of hydrogen-bond acceptors (Lipinski definition) is 4. The van der Waals surface area contributed by atoms with E-state index >= 15 is 0 Å². The van der Waals surface area contributed by atoms with E-state index in [9.17, 15) is 9.90 Å². The molecule has 2 aliphatic rings. The Morgan fingerprint density at radius 1 is 1.37 bits per heavy atom. The minimum atomic E-state index is -0.658. The highest BCUT2D eigenvalue weighted by Crippen LogP contribution is 2.33. The number of piperidine rings is 1. The van der Waals surface area contributed by atoms with E-state index in [2.05, 4.69) is 4.90 Å². The second-order valence-corrected chi connectivity index (χ2v) is 5.87. The van der Waals surface area contributed by atoms with Crippen LogP contribution in [0.2, 0.25) is 0 Å². The number of methoxy groups -OCH3 is 1. The van der Waals surface area contributed by atoms with Gasteiger partial charge in [-0.05, 0) is 44.7 Å². The highest BCUT2D eigenvalue weighted by molar-refractivity contribution is 5.75. The van der Waals surface area contributed by atoms with Gasteiger partial charge in [0.15, 0.2) is 0 Å². The molecule has 0 aromatic carbocycles. The summed E-state index contributed by atoms with van der Waals surface area (Å²) in [6, 6.07) is 0. The van der Waals surface area contributed by atoms with Crippen molar-refractivity contribution in [2.45, 2.75) is 25.7 Å². The lowest BCUT2D eigenvalue weighted by Gasteiger charge is -2.40. The SMILES string of the molecule is COCC1CCN(CC2(C(=O)O)CCOCC2)CC1. The topological polar surface area (TPSA) is 59.0 Å². The molecule has 0 aromatic heterocycles. The summed E-state index contributed by atoms with van der Waals surface area (Å²) in [6.45, 7) is 4.63. The van der Waals surface area contributed by atoms with E-state index in [4.69, 9.17) is 9.47 Å². The smallest absolute Gasteiger partial charge is 0.311 e. The van der Waals surface area contributed by atoms with Gasteiger partial charge in [-0.1, -0.05) is 0 Å². The fraction of sp³-hybridized carbons (Fsp3) is 0.929. The summed E-state index contributed by atoms with van der Waals surface area (Å²) in [5, 5.41) is 9.55. The molecular formula is C14H25NO4. The number of ether oxygens (including phenoxy) is 2. The molecule has 0 spiro atoms. The van der Waals surface area contributed by atoms with Crippen LogP contribution in [0.5, 0.6) is 0 Å². The third-order valence-corrected chi connectivity index (χ3v) is 4.54. The van der Waals surface area contributed by atoms with Crippen molar-refractivity contribution >= 4 is 5.97 Å². The number of hydrogen-bond donors (Lipinski definition) is 1. The maximum atomic E-state index is 11.6. The maximum absolute atomic E-state index is 11.6. The van der Waals surface area contributed by atoms with Crippen LogP contribution in [0.25, 0.3) is 0 Å². The molecule has 0 amide bonds. The van der Waals surface area contributed by atoms with Crippen LogP contribution in [0, 0.1) is 11.3 Å². The van der Waals surface area contributed by atoms with E-state index < -0.39 is 11.4 Å². The Kier molecular flexibility index (Phi) is 5.19. The molecule has 0 atom stereocenters. The van der Waals surface area contributed by atoms with Gasteiger partial charge in [-0.15, -0.1) is 0 Å². The predicted molar refractivity (Wildman–Crippen MR) is 71.2 cm³/mol. The summed E-state index contributed by atoms with van der Waals surface area (Å²) in [7, 11) is 1.74. The molecule has 2 rings (SSSR count). The Morgan fingerprint density at radius 2 is 2.00 bits per heavy atom. The molecule has 0 unspecified atom stereocenters. The van der Waals surface area contributed by atoms with Crippen molar-refractivity contribution in [3.63, 3.8) is 0 Å². The molecule has 0 aromatic rings. The van der Waals surface area contributed by atoms with Crippen LogP contribution in [0.4, 0.5) is 0 Å². The molecular weight excluding hydrogens is 246 g/mol. The number of carboxylic acids is 1. The first-order chi connectivity index (χ1) is 9.16. The molecule has 2 heterocycles. The molecule has 0 radical (unpaired) electrons. The zero-order chi connectivity index (χ0) is 13.7. The van der Waals surface area contributed by atoms with Crippen LogP contribution in [0.1, 0.15) is 25.7 Å². The highest BCUT2D eigenvalue weighted by Gasteiger charge is 2.42. The first-order valence-corrected chi connectivity index (χ1v) is 7.19. The Morgan fingerprint density at radius 3 is 2.53 bits per heavy atom. The van der Waals surface area contributed by atoms with Gasteiger partial charge in [-0.3, -0.25) is 4.79 Å². The second-order valence-electron chi connectivity index (χ2n) is 5.87. The number of nitrogens with zero attached hydrogens (tertiary/aromatic N) is 1. The third-order valence-electron chi connectivity index (χ3n) is 4.54. The highest BCUT2D eigenvalue weighted by atomic mass is 16.5. The summed E-state index contributed by atoms with van der Waals surface area (Å²) in [4.78, 5) is 13.9. The zero-order valence-corrected chi connectivity index (χ0v) is 11.8. The van der Waals surface area contributed by atoms with E-state index in [1.54, 1.807) is 7.11 Å². The standard InChI is InChI=1S/C14H25NO4/c1-18-10-12-2-6-15(7-3-12)11-14(13(16)17)4-8-19-9-5-14/h12H,2-11H2,1H3,(H,16,17). The van der Waals surface area contributed by atoms with Gasteiger partial charge in [0.1, 0.15) is 0 Å². The Bertz CT molecular complexity index is 294. The molecule has 0 aliphatic carbocycles. The molecule has 5 heteroatoms. The van der Waals surface area contributed by atoms with Gasteiger partial charge in [0.25, 0.3) is 0 Å². The number of likely N-dealkylation sites (tertiary alicyclic amines) is 1. The van der Waals surface area contributed by atoms with Crippen LogP contribution in [0.3, 0.4) is 0 Å². The number of rotatable bonds is 5. The minimum absolute atomic E-state index is 0.576. The first-order valence-electron chi connectivity index (χ1n) is 7.19. The minimum Gasteiger partial charge on any atom is -0.481 e. The van der Waals surface area contributed by atoms with Gasteiger partial charge in [0.2, 0.25) is 0 Å². The average molecular weight is 271 g/mol. The van der Waals surface area contributed by atoms with E-state index in [1.165, 1.54) is 0 Å². The maximum Gasteiger partial charge on any atom is 0.311 e. The molecule has 2 fully saturated rings. The quantitative estimate of drug-likeness (QED) is 0.815. The normalized spacial score (nSPS) is 25.3. The number of carboxylic acid groups (broad SMARTS) is 1. The van der Waals surface area contributed by atoms with Gasteiger partial charge < -0.3 is 19.5 Å². The van der Waals surface area contributed by atoms with Crippen LogP contribution >= 0.6 is 0 Å². The monoisotopic (exact) mass is 271 g/mol. The Labute approximate surface area is 114 Å². The first kappa shape index (κ1) is 14.8. The lowest BCUT2D eigenvalue weighted by Crippen LogP contribution is -2.48. The van der Waals surface area contributed by atoms with Crippen molar-refractivity contribution in [1.29, 1.82) is 0 Å². The van der Waals surface area contributed by atoms with Gasteiger partial charge >= 0.3 is 5.97 Å². The lowest BCUT2D eigenvalue weighted by molar-refractivity contribution is -0.157. The van der Waals surface area contributed by atoms with Crippen molar-refractivity contribution in [1.82, 2.24) is 4.90 Å². The van der Waals surface area contributed by atoms with E-state index in [-0.39, 0.29) is 0 Å². The van der Waals surface area contributed by atoms with E-state index in [0.717, 1.165) is 32.5 Å². The average Bonchev–Trinajstić information content (AvgIpc) is 2.42. The van der Waals surface area contributed by atoms with Gasteiger partial charge in [0.05, 0.1) is 5.41 Å². The van der Waals surface area contributed by atoms with Crippen molar-refractivity contribution in [3.05, 3.63) is 0 Å². The van der Waals surface area contributed by atoms with Crippen LogP contribution in [0.15, 0.2) is 0 Å². The van der Waals surface area contributed by atoms with E-state index in [1.807, 2.05) is 0 Å². The molecule has 2 saturated heterocycles. The molecule has 0 bridgehead atoms. The van der Waals surface area contributed by atoms with E-state index in [0.29, 0.717) is 38.5 Å². The molecule has 5 nitrogen and oxygen atoms in total. The fourth-order valence-electron chi connectivity index (χ4n) is 3.18. The summed E-state index contributed by atoms with van der Waals surface area (Å²) < 4.78 is 10.5. The van der Waals surface area contributed by atoms with Crippen LogP contribution in [-0.4, -0.2) is 62.5 Å². The lowest BCUT2D eigenvalue weighted by atomic mass is 9.79. The summed E-state index contributed by atoms with van der Waals surface area (Å²) in [6.07, 6.45) is 3.50. The second kappa shape index (κ2) is 6.68. The van der Waals surface area contributed by atoms with Crippen molar-refractivity contribution < 1.29 is 19.4 Å². The summed E-state index contributed by atoms with van der Waals surface area (Å²) in [5.41, 5.74) is -0.591. The molecule has 2 aliphatic heterocycles.